The molecule has 1 amide bonds. The molecular weight excluding hydrogens is 412 g/mol. The van der Waals surface area contributed by atoms with E-state index in [4.69, 9.17) is 4.98 Å². The molecule has 0 radical (unpaired) electrons. The standard InChI is InChI=1S/C26H30N6O/c1-2-31-13-5-7-20(31)15-27-25(33)22-16-29-32(24(22)18-10-11-18)26-28-14-19-12-9-17-6-3-4-8-21(17)23(19)30-26/h3-4,6,8,14,16,18,20H,2,5,7,9-13,15H2,1H3,(H,27,33). The Bertz CT molecular complexity index is 1200. The van der Waals surface area contributed by atoms with E-state index >= 15 is 0 Å². The third-order valence-electron chi connectivity index (χ3n) is 7.40. The van der Waals surface area contributed by atoms with Crippen LogP contribution in [0.2, 0.25) is 0 Å². The van der Waals surface area contributed by atoms with E-state index in [2.05, 4.69) is 51.5 Å². The SMILES string of the molecule is CCN1CCCC1CNC(=O)c1cnn(-c2ncc3c(n2)-c2ccccc2CC3)c1C1CC1. The van der Waals surface area contributed by atoms with Crippen molar-refractivity contribution in [1.82, 2.24) is 30.0 Å². The van der Waals surface area contributed by atoms with Crippen molar-refractivity contribution in [3.8, 4) is 17.2 Å². The summed E-state index contributed by atoms with van der Waals surface area (Å²) in [5.41, 5.74) is 6.29. The molecule has 2 aromatic heterocycles. The Balaban J connectivity index is 1.30. The van der Waals surface area contributed by atoms with Crippen molar-refractivity contribution in [1.29, 1.82) is 0 Å². The molecule has 2 aliphatic carbocycles. The van der Waals surface area contributed by atoms with Crippen LogP contribution in [0.4, 0.5) is 0 Å². The zero-order chi connectivity index (χ0) is 22.4. The van der Waals surface area contributed by atoms with Gasteiger partial charge in [-0.1, -0.05) is 31.2 Å². The smallest absolute Gasteiger partial charge is 0.254 e. The molecule has 33 heavy (non-hydrogen) atoms. The van der Waals surface area contributed by atoms with E-state index in [1.807, 2.05) is 6.20 Å². The number of likely N-dealkylation sites (N-methyl/N-ethyl adjacent to an activating group) is 1. The first-order valence-corrected chi connectivity index (χ1v) is 12.3. The number of carbonyl (C=O) groups is 1. The third kappa shape index (κ3) is 3.74. The molecule has 1 saturated carbocycles. The van der Waals surface area contributed by atoms with E-state index in [-0.39, 0.29) is 5.91 Å². The molecule has 2 fully saturated rings. The molecule has 1 saturated heterocycles. The number of rotatable bonds is 6. The van der Waals surface area contributed by atoms with Crippen LogP contribution in [0.5, 0.6) is 0 Å². The van der Waals surface area contributed by atoms with Gasteiger partial charge in [0.25, 0.3) is 11.9 Å². The molecule has 1 atom stereocenters. The summed E-state index contributed by atoms with van der Waals surface area (Å²) >= 11 is 0. The molecule has 1 unspecified atom stereocenters. The second kappa shape index (κ2) is 8.37. The molecule has 1 aliphatic heterocycles. The van der Waals surface area contributed by atoms with Crippen LogP contribution in [-0.2, 0) is 12.8 Å². The number of nitrogens with zero attached hydrogens (tertiary/aromatic N) is 5. The highest BCUT2D eigenvalue weighted by molar-refractivity contribution is 5.95. The molecule has 6 rings (SSSR count). The summed E-state index contributed by atoms with van der Waals surface area (Å²) in [6.07, 6.45) is 10.1. The van der Waals surface area contributed by atoms with Gasteiger partial charge in [0.1, 0.15) is 0 Å². The number of fused-ring (bicyclic) bond motifs is 3. The van der Waals surface area contributed by atoms with Gasteiger partial charge < -0.3 is 5.32 Å². The molecule has 0 spiro atoms. The highest BCUT2D eigenvalue weighted by atomic mass is 16.1. The molecule has 1 N–H and O–H groups in total. The first kappa shape index (κ1) is 20.5. The summed E-state index contributed by atoms with van der Waals surface area (Å²) < 4.78 is 1.80. The van der Waals surface area contributed by atoms with E-state index in [1.165, 1.54) is 23.1 Å². The number of nitrogens with one attached hydrogen (secondary N) is 1. The number of amides is 1. The van der Waals surface area contributed by atoms with E-state index in [0.717, 1.165) is 56.6 Å². The molecule has 3 heterocycles. The molecule has 7 heteroatoms. The van der Waals surface area contributed by atoms with Crippen LogP contribution < -0.4 is 5.32 Å². The zero-order valence-corrected chi connectivity index (χ0v) is 19.1. The summed E-state index contributed by atoms with van der Waals surface area (Å²) in [4.78, 5) is 25.2. The van der Waals surface area contributed by atoms with Gasteiger partial charge in [-0.2, -0.15) is 5.10 Å². The Morgan fingerprint density at radius 1 is 1.12 bits per heavy atom. The minimum absolute atomic E-state index is 0.0330. The van der Waals surface area contributed by atoms with E-state index in [0.29, 0.717) is 30.0 Å². The number of aryl methyl sites for hydroxylation is 2. The number of benzene rings is 1. The average Bonchev–Trinajstić information content (AvgIpc) is 3.42. The largest absolute Gasteiger partial charge is 0.350 e. The maximum absolute atomic E-state index is 13.2. The van der Waals surface area contributed by atoms with Gasteiger partial charge in [0.2, 0.25) is 0 Å². The lowest BCUT2D eigenvalue weighted by Gasteiger charge is -2.22. The summed E-state index contributed by atoms with van der Waals surface area (Å²) in [5.74, 6) is 0.868. The summed E-state index contributed by atoms with van der Waals surface area (Å²) in [7, 11) is 0. The molecule has 1 aromatic carbocycles. The lowest BCUT2D eigenvalue weighted by atomic mass is 9.90. The fourth-order valence-electron chi connectivity index (χ4n) is 5.44. The number of hydrogen-bond donors (Lipinski definition) is 1. The number of likely N-dealkylation sites (tertiary alicyclic amines) is 1. The van der Waals surface area contributed by atoms with E-state index in [9.17, 15) is 4.79 Å². The minimum Gasteiger partial charge on any atom is -0.350 e. The van der Waals surface area contributed by atoms with E-state index in [1.54, 1.807) is 10.9 Å². The molecular formula is C26H30N6O. The first-order valence-electron chi connectivity index (χ1n) is 12.3. The lowest BCUT2D eigenvalue weighted by molar-refractivity contribution is 0.0940. The van der Waals surface area contributed by atoms with Crippen molar-refractivity contribution in [3.05, 3.63) is 59.0 Å². The quantitative estimate of drug-likeness (QED) is 0.632. The van der Waals surface area contributed by atoms with Gasteiger partial charge in [-0.25, -0.2) is 14.6 Å². The summed E-state index contributed by atoms with van der Waals surface area (Å²) in [5, 5.41) is 7.79. The summed E-state index contributed by atoms with van der Waals surface area (Å²) in [6, 6.07) is 8.89. The lowest BCUT2D eigenvalue weighted by Crippen LogP contribution is -2.40. The Labute approximate surface area is 194 Å². The minimum atomic E-state index is -0.0330. The van der Waals surface area contributed by atoms with Crippen LogP contribution in [0.15, 0.2) is 36.7 Å². The summed E-state index contributed by atoms with van der Waals surface area (Å²) in [6.45, 7) is 5.03. The Morgan fingerprint density at radius 3 is 2.82 bits per heavy atom. The van der Waals surface area contributed by atoms with Crippen molar-refractivity contribution in [2.75, 3.05) is 19.6 Å². The van der Waals surface area contributed by atoms with Crippen LogP contribution in [0.25, 0.3) is 17.2 Å². The highest BCUT2D eigenvalue weighted by Gasteiger charge is 2.34. The average molecular weight is 443 g/mol. The monoisotopic (exact) mass is 442 g/mol. The van der Waals surface area contributed by atoms with Gasteiger partial charge in [-0.15, -0.1) is 0 Å². The van der Waals surface area contributed by atoms with Gasteiger partial charge in [0.15, 0.2) is 0 Å². The normalized spacial score (nSPS) is 19.8. The van der Waals surface area contributed by atoms with Crippen LogP contribution in [0.3, 0.4) is 0 Å². The van der Waals surface area contributed by atoms with Crippen LogP contribution in [0, 0.1) is 0 Å². The Morgan fingerprint density at radius 2 is 1.97 bits per heavy atom. The van der Waals surface area contributed by atoms with E-state index < -0.39 is 0 Å². The van der Waals surface area contributed by atoms with Crippen LogP contribution in [-0.4, -0.2) is 56.2 Å². The van der Waals surface area contributed by atoms with Gasteiger partial charge in [0, 0.05) is 30.3 Å². The number of hydrogen-bond acceptors (Lipinski definition) is 5. The van der Waals surface area contributed by atoms with Crippen LogP contribution >= 0.6 is 0 Å². The maximum atomic E-state index is 13.2. The second-order valence-corrected chi connectivity index (χ2v) is 9.47. The fraction of sp³-hybridized carbons (Fsp3) is 0.462. The first-order chi connectivity index (χ1) is 16.2. The van der Waals surface area contributed by atoms with Gasteiger partial charge in [-0.05, 0) is 62.7 Å². The highest BCUT2D eigenvalue weighted by Crippen LogP contribution is 2.42. The maximum Gasteiger partial charge on any atom is 0.254 e. The Kier molecular flexibility index (Phi) is 5.21. The number of carbonyl (C=O) groups excluding carboxylic acids is 1. The predicted octanol–water partition coefficient (Wildman–Crippen LogP) is 3.52. The van der Waals surface area contributed by atoms with Gasteiger partial charge >= 0.3 is 0 Å². The van der Waals surface area contributed by atoms with Crippen molar-refractivity contribution in [2.24, 2.45) is 0 Å². The molecule has 3 aromatic rings. The predicted molar refractivity (Wildman–Crippen MR) is 127 cm³/mol. The third-order valence-corrected chi connectivity index (χ3v) is 7.40. The zero-order valence-electron chi connectivity index (χ0n) is 19.1. The van der Waals surface area contributed by atoms with Crippen LogP contribution in [0.1, 0.15) is 65.7 Å². The second-order valence-electron chi connectivity index (χ2n) is 9.47. The van der Waals surface area contributed by atoms with Crippen molar-refractivity contribution in [2.45, 2.75) is 57.4 Å². The van der Waals surface area contributed by atoms with Gasteiger partial charge in [-0.3, -0.25) is 9.69 Å². The molecule has 7 nitrogen and oxygen atoms in total. The molecule has 170 valence electrons. The molecule has 3 aliphatic rings. The van der Waals surface area contributed by atoms with Crippen molar-refractivity contribution < 1.29 is 4.79 Å². The topological polar surface area (TPSA) is 75.9 Å². The molecule has 0 bridgehead atoms. The number of aromatic nitrogens is 4. The fourth-order valence-corrected chi connectivity index (χ4v) is 5.44. The Hall–Kier alpha value is -3.06. The van der Waals surface area contributed by atoms with Gasteiger partial charge in [0.05, 0.1) is 23.1 Å². The van der Waals surface area contributed by atoms with Crippen molar-refractivity contribution in [3.63, 3.8) is 0 Å². The van der Waals surface area contributed by atoms with Crippen molar-refractivity contribution >= 4 is 5.91 Å².